The van der Waals surface area contributed by atoms with Crippen LogP contribution in [0.5, 0.6) is 0 Å². The van der Waals surface area contributed by atoms with Gasteiger partial charge in [-0.15, -0.1) is 11.3 Å². The molecule has 1 fully saturated rings. The molecule has 0 aliphatic carbocycles. The van der Waals surface area contributed by atoms with E-state index >= 15 is 0 Å². The van der Waals surface area contributed by atoms with E-state index < -0.39 is 32.3 Å². The van der Waals surface area contributed by atoms with Gasteiger partial charge < -0.3 is 9.64 Å². The molecule has 0 N–H and O–H groups in total. The fourth-order valence-corrected chi connectivity index (χ4v) is 5.65. The Morgan fingerprint density at radius 3 is 2.50 bits per heavy atom. The molecule has 0 bridgehead atoms. The molecule has 0 radical (unpaired) electrons. The molecule has 0 unspecified atom stereocenters. The van der Waals surface area contributed by atoms with Gasteiger partial charge in [-0.25, -0.2) is 13.2 Å². The van der Waals surface area contributed by atoms with E-state index in [0.717, 1.165) is 6.07 Å². The Bertz CT molecular complexity index is 802. The number of nitro groups is 1. The summed E-state index contributed by atoms with van der Waals surface area (Å²) in [6.07, 6.45) is -0.0637. The highest BCUT2D eigenvalue weighted by atomic mass is 35.5. The van der Waals surface area contributed by atoms with Crippen LogP contribution < -0.4 is 0 Å². The summed E-state index contributed by atoms with van der Waals surface area (Å²) in [6.45, 7) is 6.09. The first-order chi connectivity index (χ1) is 11.9. The minimum Gasteiger partial charge on any atom is -0.444 e. The van der Waals surface area contributed by atoms with Crippen molar-refractivity contribution in [2.24, 2.45) is 0 Å². The normalized spacial score (nSPS) is 17.0. The molecule has 1 saturated heterocycles. The van der Waals surface area contributed by atoms with Crippen LogP contribution in [0.4, 0.5) is 10.5 Å². The molecule has 0 saturated carbocycles. The molecule has 146 valence electrons. The zero-order chi connectivity index (χ0) is 19.7. The molecule has 12 heteroatoms. The molecular formula is C14H20ClN3O6S2. The molecule has 0 aromatic carbocycles. The third-order valence-corrected chi connectivity index (χ3v) is 7.23. The average molecular weight is 426 g/mol. The van der Waals surface area contributed by atoms with Crippen molar-refractivity contribution in [2.75, 3.05) is 26.2 Å². The molecule has 0 spiro atoms. The Labute approximate surface area is 160 Å². The van der Waals surface area contributed by atoms with E-state index in [4.69, 9.17) is 16.3 Å². The average Bonchev–Trinajstić information content (AvgIpc) is 2.74. The van der Waals surface area contributed by atoms with Crippen LogP contribution in [0.2, 0.25) is 4.34 Å². The van der Waals surface area contributed by atoms with Gasteiger partial charge in [-0.1, -0.05) is 11.6 Å². The van der Waals surface area contributed by atoms with Crippen LogP contribution in [0, 0.1) is 10.1 Å². The van der Waals surface area contributed by atoms with Gasteiger partial charge in [0, 0.05) is 32.2 Å². The largest absolute Gasteiger partial charge is 0.444 e. The molecule has 1 amide bonds. The first kappa shape index (κ1) is 20.9. The van der Waals surface area contributed by atoms with E-state index in [1.54, 1.807) is 20.8 Å². The summed E-state index contributed by atoms with van der Waals surface area (Å²) in [5.74, 6) is 0. The van der Waals surface area contributed by atoms with Crippen molar-refractivity contribution in [3.05, 3.63) is 20.5 Å². The summed E-state index contributed by atoms with van der Waals surface area (Å²) < 4.78 is 31.7. The molecule has 0 atom stereocenters. The van der Waals surface area contributed by atoms with Gasteiger partial charge >= 0.3 is 6.09 Å². The lowest BCUT2D eigenvalue weighted by molar-refractivity contribution is -0.384. The van der Waals surface area contributed by atoms with Crippen LogP contribution in [-0.4, -0.2) is 60.4 Å². The second kappa shape index (κ2) is 7.67. The number of hydrogen-bond donors (Lipinski definition) is 0. The van der Waals surface area contributed by atoms with Crippen molar-refractivity contribution in [1.29, 1.82) is 0 Å². The summed E-state index contributed by atoms with van der Waals surface area (Å²) in [5, 5.41) is 10.9. The smallest absolute Gasteiger partial charge is 0.410 e. The topological polar surface area (TPSA) is 110 Å². The fraction of sp³-hybridized carbons (Fsp3) is 0.643. The minimum atomic E-state index is -3.92. The summed E-state index contributed by atoms with van der Waals surface area (Å²) >= 11 is 6.42. The van der Waals surface area contributed by atoms with E-state index in [2.05, 4.69) is 0 Å². The molecular weight excluding hydrogens is 406 g/mol. The molecule has 26 heavy (non-hydrogen) atoms. The highest BCUT2D eigenvalue weighted by molar-refractivity contribution is 7.91. The predicted octanol–water partition coefficient (Wildman–Crippen LogP) is 2.94. The van der Waals surface area contributed by atoms with Gasteiger partial charge in [-0.3, -0.25) is 10.1 Å². The molecule has 2 heterocycles. The molecule has 1 aromatic heterocycles. The van der Waals surface area contributed by atoms with Crippen molar-refractivity contribution in [2.45, 2.75) is 37.0 Å². The van der Waals surface area contributed by atoms with Crippen LogP contribution in [0.1, 0.15) is 27.2 Å². The van der Waals surface area contributed by atoms with Crippen molar-refractivity contribution in [3.63, 3.8) is 0 Å². The molecule has 1 aliphatic rings. The van der Waals surface area contributed by atoms with Crippen molar-refractivity contribution in [3.8, 4) is 0 Å². The van der Waals surface area contributed by atoms with E-state index in [1.807, 2.05) is 0 Å². The van der Waals surface area contributed by atoms with Gasteiger partial charge in [-0.05, 0) is 27.2 Å². The first-order valence-corrected chi connectivity index (χ1v) is 10.5. The van der Waals surface area contributed by atoms with Crippen LogP contribution in [0.15, 0.2) is 10.3 Å². The van der Waals surface area contributed by atoms with Crippen molar-refractivity contribution in [1.82, 2.24) is 9.21 Å². The van der Waals surface area contributed by atoms with Gasteiger partial charge in [0.15, 0.2) is 4.34 Å². The van der Waals surface area contributed by atoms with E-state index in [-0.39, 0.29) is 28.2 Å². The maximum atomic E-state index is 12.8. The number of ether oxygens (including phenoxy) is 1. The van der Waals surface area contributed by atoms with Gasteiger partial charge in [0.1, 0.15) is 9.81 Å². The number of nitrogens with zero attached hydrogens (tertiary/aromatic N) is 3. The number of thiophene rings is 1. The molecule has 2 rings (SSSR count). The van der Waals surface area contributed by atoms with E-state index in [1.165, 1.54) is 9.21 Å². The Hall–Kier alpha value is -1.43. The summed E-state index contributed by atoms with van der Waals surface area (Å²) in [7, 11) is -3.92. The lowest BCUT2D eigenvalue weighted by Gasteiger charge is -2.26. The Balaban J connectivity index is 2.14. The van der Waals surface area contributed by atoms with Gasteiger partial charge in [0.25, 0.3) is 15.7 Å². The number of carbonyl (C=O) groups is 1. The number of sulfonamides is 1. The first-order valence-electron chi connectivity index (χ1n) is 7.83. The maximum Gasteiger partial charge on any atom is 0.410 e. The van der Waals surface area contributed by atoms with Crippen LogP contribution in [0.25, 0.3) is 0 Å². The van der Waals surface area contributed by atoms with Crippen LogP contribution >= 0.6 is 22.9 Å². The number of hydrogen-bond acceptors (Lipinski definition) is 7. The third-order valence-electron chi connectivity index (χ3n) is 3.54. The van der Waals surface area contributed by atoms with Crippen molar-refractivity contribution < 1.29 is 22.9 Å². The lowest BCUT2D eigenvalue weighted by atomic mass is 10.2. The van der Waals surface area contributed by atoms with Gasteiger partial charge in [-0.2, -0.15) is 4.31 Å². The summed E-state index contributed by atoms with van der Waals surface area (Å²) in [5.41, 5.74) is -1.07. The second-order valence-corrected chi connectivity index (χ2v) is 10.5. The van der Waals surface area contributed by atoms with E-state index in [9.17, 15) is 23.3 Å². The Kier molecular flexibility index (Phi) is 6.16. The predicted molar refractivity (Wildman–Crippen MR) is 97.2 cm³/mol. The highest BCUT2D eigenvalue weighted by Crippen LogP contribution is 2.37. The SMILES string of the molecule is CC(C)(C)OC(=O)N1CCCN(S(=O)(=O)c2cc([N+](=O)[O-])c(Cl)s2)CC1. The molecule has 1 aliphatic heterocycles. The van der Waals surface area contributed by atoms with Crippen LogP contribution in [0.3, 0.4) is 0 Å². The zero-order valence-corrected chi connectivity index (χ0v) is 17.0. The van der Waals surface area contributed by atoms with Gasteiger partial charge in [0.2, 0.25) is 0 Å². The molecule has 1 aromatic rings. The second-order valence-electron chi connectivity index (χ2n) is 6.71. The number of rotatable bonds is 3. The number of halogens is 1. The van der Waals surface area contributed by atoms with E-state index in [0.29, 0.717) is 24.3 Å². The lowest BCUT2D eigenvalue weighted by Crippen LogP contribution is -2.40. The monoisotopic (exact) mass is 425 g/mol. The number of carbonyl (C=O) groups excluding carboxylic acids is 1. The maximum absolute atomic E-state index is 12.8. The molecule has 9 nitrogen and oxygen atoms in total. The Morgan fingerprint density at radius 1 is 1.31 bits per heavy atom. The zero-order valence-electron chi connectivity index (χ0n) is 14.6. The van der Waals surface area contributed by atoms with Crippen molar-refractivity contribution >= 4 is 44.7 Å². The minimum absolute atomic E-state index is 0.0743. The number of amides is 1. The third kappa shape index (κ3) is 4.84. The summed E-state index contributed by atoms with van der Waals surface area (Å²) in [4.78, 5) is 23.8. The fourth-order valence-electron chi connectivity index (χ4n) is 2.36. The Morgan fingerprint density at radius 2 is 1.96 bits per heavy atom. The highest BCUT2D eigenvalue weighted by Gasteiger charge is 2.33. The standard InChI is InChI=1S/C14H20ClN3O6S2/c1-14(2,3)24-13(19)16-5-4-6-17(8-7-16)26(22,23)11-9-10(18(20)21)12(15)25-11/h9H,4-8H2,1-3H3. The quantitative estimate of drug-likeness (QED) is 0.543. The van der Waals surface area contributed by atoms with Gasteiger partial charge in [0.05, 0.1) is 4.92 Å². The summed E-state index contributed by atoms with van der Waals surface area (Å²) in [6, 6.07) is 0.971. The van der Waals surface area contributed by atoms with Crippen LogP contribution in [-0.2, 0) is 14.8 Å².